The maximum atomic E-state index is 12.4. The predicted octanol–water partition coefficient (Wildman–Crippen LogP) is 4.71. The minimum absolute atomic E-state index is 0.0159. The Hall–Kier alpha value is -1.62. The number of unbranched alkanes of at least 4 members (excludes halogenated alkanes) is 2. The van der Waals surface area contributed by atoms with E-state index in [-0.39, 0.29) is 12.5 Å². The molecule has 1 heterocycles. The Morgan fingerprint density at radius 2 is 1.91 bits per heavy atom. The minimum atomic E-state index is -0.143. The molecule has 1 aromatic heterocycles. The SMILES string of the molecule is CCCCCc1c(C)nn(C(=O)COc2ccc(Br)cc2)c1C. The van der Waals surface area contributed by atoms with Crippen molar-refractivity contribution >= 4 is 21.8 Å². The lowest BCUT2D eigenvalue weighted by atomic mass is 10.1. The molecule has 5 heteroatoms. The highest BCUT2D eigenvalue weighted by atomic mass is 79.9. The Morgan fingerprint density at radius 1 is 1.22 bits per heavy atom. The van der Waals surface area contributed by atoms with E-state index in [0.29, 0.717) is 5.75 Å². The molecule has 0 atom stereocenters. The fourth-order valence-corrected chi connectivity index (χ4v) is 2.83. The number of carbonyl (C=O) groups excluding carboxylic acids is 1. The summed E-state index contributed by atoms with van der Waals surface area (Å²) in [7, 11) is 0. The number of aromatic nitrogens is 2. The summed E-state index contributed by atoms with van der Waals surface area (Å²) < 4.78 is 8.01. The smallest absolute Gasteiger partial charge is 0.284 e. The highest BCUT2D eigenvalue weighted by Gasteiger charge is 2.16. The van der Waals surface area contributed by atoms with Crippen molar-refractivity contribution in [2.45, 2.75) is 46.5 Å². The molecule has 0 N–H and O–H groups in total. The molecule has 23 heavy (non-hydrogen) atoms. The number of hydrogen-bond donors (Lipinski definition) is 0. The van der Waals surface area contributed by atoms with Crippen LogP contribution in [0.4, 0.5) is 0 Å². The summed E-state index contributed by atoms with van der Waals surface area (Å²) in [5, 5.41) is 4.39. The van der Waals surface area contributed by atoms with Crippen LogP contribution in [0.2, 0.25) is 0 Å². The third kappa shape index (κ3) is 4.67. The van der Waals surface area contributed by atoms with Gasteiger partial charge in [-0.05, 0) is 56.5 Å². The van der Waals surface area contributed by atoms with Gasteiger partial charge in [0, 0.05) is 10.2 Å². The van der Waals surface area contributed by atoms with Gasteiger partial charge in [0.05, 0.1) is 5.69 Å². The molecule has 124 valence electrons. The molecule has 0 spiro atoms. The molecule has 1 aromatic carbocycles. The Labute approximate surface area is 146 Å². The quantitative estimate of drug-likeness (QED) is 0.655. The van der Waals surface area contributed by atoms with Crippen LogP contribution >= 0.6 is 15.9 Å². The van der Waals surface area contributed by atoms with Crippen molar-refractivity contribution in [3.8, 4) is 5.75 Å². The van der Waals surface area contributed by atoms with Gasteiger partial charge in [0.25, 0.3) is 5.91 Å². The molecular formula is C18H23BrN2O2. The van der Waals surface area contributed by atoms with Crippen molar-refractivity contribution in [1.29, 1.82) is 0 Å². The Kier molecular flexibility index (Phi) is 6.39. The largest absolute Gasteiger partial charge is 0.484 e. The zero-order valence-electron chi connectivity index (χ0n) is 13.9. The topological polar surface area (TPSA) is 44.1 Å². The molecule has 0 aliphatic carbocycles. The Balaban J connectivity index is 2.01. The number of halogens is 1. The molecule has 0 amide bonds. The van der Waals surface area contributed by atoms with Crippen LogP contribution in [0.3, 0.4) is 0 Å². The van der Waals surface area contributed by atoms with Crippen LogP contribution in [0, 0.1) is 13.8 Å². The van der Waals surface area contributed by atoms with Gasteiger partial charge in [0.15, 0.2) is 6.61 Å². The first-order valence-corrected chi connectivity index (χ1v) is 8.79. The fourth-order valence-electron chi connectivity index (χ4n) is 2.57. The molecule has 0 unspecified atom stereocenters. The molecule has 2 rings (SSSR count). The molecule has 0 radical (unpaired) electrons. The van der Waals surface area contributed by atoms with Gasteiger partial charge in [-0.15, -0.1) is 0 Å². The fraction of sp³-hybridized carbons (Fsp3) is 0.444. The molecule has 0 bridgehead atoms. The highest BCUT2D eigenvalue weighted by molar-refractivity contribution is 9.10. The third-order valence-corrected chi connectivity index (χ3v) is 4.41. The van der Waals surface area contributed by atoms with Crippen LogP contribution in [0.15, 0.2) is 28.7 Å². The second-order valence-corrected chi connectivity index (χ2v) is 6.57. The summed E-state index contributed by atoms with van der Waals surface area (Å²) in [6.45, 7) is 6.09. The first kappa shape index (κ1) is 17.7. The van der Waals surface area contributed by atoms with Crippen LogP contribution in [-0.2, 0) is 6.42 Å². The summed E-state index contributed by atoms with van der Waals surface area (Å²) in [5.74, 6) is 0.529. The van der Waals surface area contributed by atoms with E-state index in [0.717, 1.165) is 28.7 Å². The van der Waals surface area contributed by atoms with Crippen molar-refractivity contribution in [2.24, 2.45) is 0 Å². The minimum Gasteiger partial charge on any atom is -0.484 e. The van der Waals surface area contributed by atoms with Crippen molar-refractivity contribution in [3.63, 3.8) is 0 Å². The van der Waals surface area contributed by atoms with E-state index in [1.165, 1.54) is 23.1 Å². The summed E-state index contributed by atoms with van der Waals surface area (Å²) in [5.41, 5.74) is 3.06. The van der Waals surface area contributed by atoms with Gasteiger partial charge in [0.2, 0.25) is 0 Å². The van der Waals surface area contributed by atoms with E-state index < -0.39 is 0 Å². The molecule has 0 aliphatic rings. The van der Waals surface area contributed by atoms with Gasteiger partial charge in [-0.3, -0.25) is 4.79 Å². The Bertz CT molecular complexity index is 662. The van der Waals surface area contributed by atoms with Gasteiger partial charge in [0.1, 0.15) is 5.75 Å². The number of carbonyl (C=O) groups is 1. The van der Waals surface area contributed by atoms with Crippen LogP contribution in [-0.4, -0.2) is 22.3 Å². The lowest BCUT2D eigenvalue weighted by Crippen LogP contribution is -2.21. The molecule has 2 aromatic rings. The van der Waals surface area contributed by atoms with Crippen LogP contribution < -0.4 is 4.74 Å². The zero-order chi connectivity index (χ0) is 16.8. The Morgan fingerprint density at radius 3 is 2.57 bits per heavy atom. The van der Waals surface area contributed by atoms with Crippen LogP contribution in [0.1, 0.15) is 47.9 Å². The number of nitrogens with zero attached hydrogens (tertiary/aromatic N) is 2. The van der Waals surface area contributed by atoms with Crippen molar-refractivity contribution in [2.75, 3.05) is 6.61 Å². The lowest BCUT2D eigenvalue weighted by molar-refractivity contribution is 0.0818. The van der Waals surface area contributed by atoms with Gasteiger partial charge < -0.3 is 4.74 Å². The maximum Gasteiger partial charge on any atom is 0.284 e. The molecule has 4 nitrogen and oxygen atoms in total. The molecule has 0 aliphatic heterocycles. The van der Waals surface area contributed by atoms with E-state index in [4.69, 9.17) is 4.74 Å². The monoisotopic (exact) mass is 378 g/mol. The van der Waals surface area contributed by atoms with Crippen molar-refractivity contribution in [3.05, 3.63) is 45.7 Å². The van der Waals surface area contributed by atoms with E-state index >= 15 is 0 Å². The van der Waals surface area contributed by atoms with E-state index in [9.17, 15) is 4.79 Å². The zero-order valence-corrected chi connectivity index (χ0v) is 15.5. The number of hydrogen-bond acceptors (Lipinski definition) is 3. The number of ether oxygens (including phenoxy) is 1. The van der Waals surface area contributed by atoms with E-state index in [1.807, 2.05) is 38.1 Å². The maximum absolute atomic E-state index is 12.4. The first-order chi connectivity index (χ1) is 11.0. The summed E-state index contributed by atoms with van der Waals surface area (Å²) in [4.78, 5) is 12.4. The van der Waals surface area contributed by atoms with E-state index in [1.54, 1.807) is 0 Å². The van der Waals surface area contributed by atoms with Gasteiger partial charge in [-0.2, -0.15) is 5.10 Å². The number of benzene rings is 1. The summed E-state index contributed by atoms with van der Waals surface area (Å²) in [6.07, 6.45) is 4.50. The number of aryl methyl sites for hydroxylation is 1. The molecule has 0 saturated carbocycles. The average Bonchev–Trinajstić information content (AvgIpc) is 2.82. The first-order valence-electron chi connectivity index (χ1n) is 7.99. The van der Waals surface area contributed by atoms with Gasteiger partial charge in [-0.25, -0.2) is 4.68 Å². The standard InChI is InChI=1S/C18H23BrN2O2/c1-4-5-6-7-17-13(2)20-21(14(17)3)18(22)12-23-16-10-8-15(19)9-11-16/h8-11H,4-7,12H2,1-3H3. The number of rotatable bonds is 7. The molecule has 0 saturated heterocycles. The van der Waals surface area contributed by atoms with E-state index in [2.05, 4.69) is 28.0 Å². The normalized spacial score (nSPS) is 10.8. The van der Waals surface area contributed by atoms with Crippen LogP contribution in [0.25, 0.3) is 0 Å². The van der Waals surface area contributed by atoms with Crippen molar-refractivity contribution in [1.82, 2.24) is 9.78 Å². The predicted molar refractivity (Wildman–Crippen MR) is 95.2 cm³/mol. The third-order valence-electron chi connectivity index (χ3n) is 3.88. The molecule has 0 fully saturated rings. The highest BCUT2D eigenvalue weighted by Crippen LogP contribution is 2.18. The van der Waals surface area contributed by atoms with Crippen molar-refractivity contribution < 1.29 is 9.53 Å². The summed E-state index contributed by atoms with van der Waals surface area (Å²) >= 11 is 3.37. The lowest BCUT2D eigenvalue weighted by Gasteiger charge is -2.07. The van der Waals surface area contributed by atoms with Gasteiger partial charge >= 0.3 is 0 Å². The summed E-state index contributed by atoms with van der Waals surface area (Å²) in [6, 6.07) is 7.42. The van der Waals surface area contributed by atoms with Crippen LogP contribution in [0.5, 0.6) is 5.75 Å². The van der Waals surface area contributed by atoms with Gasteiger partial charge in [-0.1, -0.05) is 35.7 Å². The molecular weight excluding hydrogens is 356 g/mol. The second-order valence-electron chi connectivity index (χ2n) is 5.65. The second kappa shape index (κ2) is 8.29. The average molecular weight is 379 g/mol.